The van der Waals surface area contributed by atoms with E-state index in [-0.39, 0.29) is 95.3 Å². The molecule has 5 atom stereocenters. The number of hydrogen-bond acceptors (Lipinski definition) is 16. The normalized spacial score (nSPS) is 24.3. The van der Waals surface area contributed by atoms with Gasteiger partial charge in [0, 0.05) is 13.7 Å². The fourth-order valence-electron chi connectivity index (χ4n) is 2.89. The molecule has 0 unspecified atom stereocenters. The summed E-state index contributed by atoms with van der Waals surface area (Å²) in [4.78, 5) is 3.48. The van der Waals surface area contributed by atoms with Crippen molar-refractivity contribution in [2.24, 2.45) is 4.99 Å². The number of methoxy groups -OCH3 is 1. The Bertz CT molecular complexity index is 1200. The Balaban J connectivity index is 0. The number of ether oxygens (including phenoxy) is 3. The van der Waals surface area contributed by atoms with Gasteiger partial charge in [-0.25, -0.2) is 21.0 Å². The quantitative estimate of drug-likeness (QED) is 0.0779. The molecule has 1 aromatic carbocycles. The smallest absolute Gasteiger partial charge is 0.726 e. The van der Waals surface area contributed by atoms with Crippen LogP contribution in [0.25, 0.3) is 0 Å². The Morgan fingerprint density at radius 2 is 1.55 bits per heavy atom. The summed E-state index contributed by atoms with van der Waals surface area (Å²) in [6.45, 7) is -1.62. The van der Waals surface area contributed by atoms with Crippen LogP contribution < -0.4 is 93.8 Å². The molecule has 1 heterocycles. The van der Waals surface area contributed by atoms with Crippen LogP contribution in [-0.2, 0) is 64.6 Å². The average molecular weight is 633 g/mol. The fourth-order valence-corrected chi connectivity index (χ4v) is 4.20. The van der Waals surface area contributed by atoms with Crippen LogP contribution in [0.2, 0.25) is 0 Å². The van der Waals surface area contributed by atoms with Crippen molar-refractivity contribution in [3.63, 3.8) is 0 Å². The van der Waals surface area contributed by atoms with Gasteiger partial charge in [-0.1, -0.05) is 30.3 Å². The zero-order chi connectivity index (χ0) is 26.4. The number of hydrogen-bond donors (Lipinski definition) is 1. The Morgan fingerprint density at radius 1 is 0.974 bits per heavy atom. The third kappa shape index (κ3) is 15.3. The molecule has 0 aliphatic carbocycles. The SMILES string of the molecule is CO[C@@H]1O[C@H](COS(=O)(=O)[O-])[C@@H](OS(=O)(=O)[O-])[C@H](OS(=O)(=O)O)[C@H]1N=C([O-])OCc1ccccc1.[Na+].[Na+].[Na+]. The van der Waals surface area contributed by atoms with E-state index in [1.54, 1.807) is 30.3 Å². The molecule has 1 fully saturated rings. The first-order valence-corrected chi connectivity index (χ1v) is 13.1. The number of rotatable bonds is 11. The molecular formula is C15H18NNa3O16S3. The van der Waals surface area contributed by atoms with Crippen LogP contribution in [0, 0.1) is 0 Å². The third-order valence-electron chi connectivity index (χ3n) is 4.14. The standard InChI is InChI=1S/C15H21NO16S3.3Na/c1-27-14-11(16-15(17)28-7-9-5-3-2-4-6-9)13(32-35(24,25)26)12(31-34(21,22)23)10(30-14)8-29-33(18,19)20;;;/h2-6,10-14H,7-8H2,1H3,(H,16,17)(H,18,19,20)(H,21,22,23)(H,24,25,26);;;/q;3*+1/p-3/t10-,11-,12-,13-,14-;;;/m1.../s1. The Hall–Kier alpha value is 1.02. The van der Waals surface area contributed by atoms with Gasteiger partial charge in [-0.2, -0.15) is 8.42 Å². The van der Waals surface area contributed by atoms with E-state index in [0.29, 0.717) is 5.56 Å². The summed E-state index contributed by atoms with van der Waals surface area (Å²) >= 11 is 0. The van der Waals surface area contributed by atoms with E-state index < -0.39 is 74.5 Å². The minimum Gasteiger partial charge on any atom is -0.726 e. The Morgan fingerprint density at radius 3 is 2.03 bits per heavy atom. The third-order valence-corrected chi connectivity index (χ3v) is 5.49. The molecule has 23 heteroatoms. The van der Waals surface area contributed by atoms with E-state index in [1.807, 2.05) is 0 Å². The maximum Gasteiger partial charge on any atom is 1.00 e. The van der Waals surface area contributed by atoms with Crippen molar-refractivity contribution < 1.29 is 159 Å². The molecule has 2 rings (SSSR count). The van der Waals surface area contributed by atoms with Crippen LogP contribution in [0.4, 0.5) is 0 Å². The van der Waals surface area contributed by atoms with Gasteiger partial charge in [-0.3, -0.25) is 17.9 Å². The summed E-state index contributed by atoms with van der Waals surface area (Å²) in [6.07, 6.45) is -9.99. The van der Waals surface area contributed by atoms with E-state index in [9.17, 15) is 39.5 Å². The summed E-state index contributed by atoms with van der Waals surface area (Å²) < 4.78 is 126. The number of nitrogens with zero attached hydrogens (tertiary/aromatic N) is 1. The van der Waals surface area contributed by atoms with E-state index in [0.717, 1.165) is 7.11 Å². The average Bonchev–Trinajstić information content (AvgIpc) is 2.72. The van der Waals surface area contributed by atoms with Crippen molar-refractivity contribution in [2.45, 2.75) is 37.3 Å². The van der Waals surface area contributed by atoms with Gasteiger partial charge in [0.25, 0.3) is 0 Å². The number of aliphatic imine (C=N–C) groups is 1. The maximum atomic E-state index is 12.3. The summed E-state index contributed by atoms with van der Waals surface area (Å²) in [5.74, 6) is 0. The largest absolute Gasteiger partial charge is 1.00 e. The van der Waals surface area contributed by atoms with Gasteiger partial charge in [0.05, 0.1) is 6.61 Å². The van der Waals surface area contributed by atoms with Crippen LogP contribution in [-0.4, -0.2) is 89.4 Å². The second-order valence-electron chi connectivity index (χ2n) is 6.59. The van der Waals surface area contributed by atoms with Gasteiger partial charge in [0.2, 0.25) is 20.8 Å². The molecule has 17 nitrogen and oxygen atoms in total. The second-order valence-corrected chi connectivity index (χ2v) is 9.70. The van der Waals surface area contributed by atoms with E-state index in [2.05, 4.69) is 17.5 Å². The topological polar surface area (TPSA) is 260 Å². The summed E-state index contributed by atoms with van der Waals surface area (Å²) in [7, 11) is -15.6. The molecule has 200 valence electrons. The molecule has 1 saturated heterocycles. The van der Waals surface area contributed by atoms with Crippen LogP contribution in [0.1, 0.15) is 5.56 Å². The van der Waals surface area contributed by atoms with Gasteiger partial charge >= 0.3 is 99.1 Å². The van der Waals surface area contributed by atoms with Crippen molar-refractivity contribution >= 4 is 37.3 Å². The minimum absolute atomic E-state index is 0. The van der Waals surface area contributed by atoms with Gasteiger partial charge in [-0.05, 0) is 5.56 Å². The van der Waals surface area contributed by atoms with Crippen molar-refractivity contribution in [1.29, 1.82) is 0 Å². The van der Waals surface area contributed by atoms with Crippen molar-refractivity contribution in [3.8, 4) is 0 Å². The van der Waals surface area contributed by atoms with Crippen LogP contribution in [0.3, 0.4) is 0 Å². The van der Waals surface area contributed by atoms with Gasteiger partial charge < -0.3 is 28.4 Å². The van der Waals surface area contributed by atoms with Crippen LogP contribution in [0.5, 0.6) is 0 Å². The van der Waals surface area contributed by atoms with Gasteiger partial charge in [0.15, 0.2) is 6.29 Å². The van der Waals surface area contributed by atoms with Crippen LogP contribution in [0.15, 0.2) is 35.3 Å². The zero-order valence-corrected chi connectivity index (χ0v) is 28.9. The first-order chi connectivity index (χ1) is 16.1. The van der Waals surface area contributed by atoms with Crippen molar-refractivity contribution in [1.82, 2.24) is 0 Å². The minimum atomic E-state index is -5.69. The summed E-state index contributed by atoms with van der Waals surface area (Å²) in [5.41, 5.74) is 0.527. The molecule has 0 bridgehead atoms. The molecule has 0 spiro atoms. The molecule has 38 heavy (non-hydrogen) atoms. The first kappa shape index (κ1) is 41.2. The first-order valence-electron chi connectivity index (χ1n) is 9.08. The molecule has 1 aromatic rings. The molecular weight excluding hydrogens is 615 g/mol. The molecule has 1 N–H and O–H groups in total. The predicted molar refractivity (Wildman–Crippen MR) is 105 cm³/mol. The van der Waals surface area contributed by atoms with Crippen molar-refractivity contribution in [2.75, 3.05) is 13.7 Å². The Labute approximate surface area is 285 Å². The molecule has 0 radical (unpaired) electrons. The Kier molecular flexibility index (Phi) is 19.3. The molecule has 1 aliphatic rings. The maximum absolute atomic E-state index is 12.3. The van der Waals surface area contributed by atoms with Gasteiger partial charge in [0.1, 0.15) is 30.4 Å². The van der Waals surface area contributed by atoms with E-state index in [1.165, 1.54) is 0 Å². The second kappa shape index (κ2) is 17.9. The fraction of sp³-hybridized carbons (Fsp3) is 0.533. The van der Waals surface area contributed by atoms with E-state index >= 15 is 0 Å². The van der Waals surface area contributed by atoms with Gasteiger partial charge in [-0.15, -0.1) is 0 Å². The monoisotopic (exact) mass is 633 g/mol. The molecule has 1 aliphatic heterocycles. The zero-order valence-electron chi connectivity index (χ0n) is 20.4. The molecule has 0 amide bonds. The van der Waals surface area contributed by atoms with Crippen molar-refractivity contribution in [3.05, 3.63) is 35.9 Å². The van der Waals surface area contributed by atoms with Crippen LogP contribution >= 0.6 is 0 Å². The predicted octanol–water partition coefficient (Wildman–Crippen LogP) is -11.8. The number of benzene rings is 1. The summed E-state index contributed by atoms with van der Waals surface area (Å²) in [6, 6.07) is 6.19. The summed E-state index contributed by atoms with van der Waals surface area (Å²) in [5, 5.41) is 12.3. The molecule has 0 saturated carbocycles. The van der Waals surface area contributed by atoms with E-state index in [4.69, 9.17) is 18.8 Å². The molecule has 0 aromatic heterocycles.